The van der Waals surface area contributed by atoms with Crippen molar-refractivity contribution < 1.29 is 0 Å². The third-order valence-corrected chi connectivity index (χ3v) is 12.9. The standard InChI is InChI=1S/C35H39N4PS/c1-24-33(25(2)39(36-24)26-16-10-9-11-17-26)40(41,22-31-34(3,4)27-18-12-14-20-29(27)37(31)7)23-32-35(5,6)28-19-13-15-21-30(28)38(32)8/h9-23H,1-8H3/b31-22+,32-23?. The number of aromatic nitrogens is 2. The molecule has 0 bridgehead atoms. The van der Waals surface area contributed by atoms with Crippen molar-refractivity contribution in [3.05, 3.63) is 124 Å². The molecule has 1 unspecified atom stereocenters. The lowest BCUT2D eigenvalue weighted by atomic mass is 9.84. The van der Waals surface area contributed by atoms with Gasteiger partial charge in [0.2, 0.25) is 0 Å². The first-order chi connectivity index (χ1) is 19.4. The molecular formula is C35H39N4PS. The summed E-state index contributed by atoms with van der Waals surface area (Å²) >= 11 is 6.96. The smallest absolute Gasteiger partial charge is 0.0691 e. The molecule has 0 saturated carbocycles. The van der Waals surface area contributed by atoms with E-state index in [4.69, 9.17) is 16.9 Å². The van der Waals surface area contributed by atoms with Crippen LogP contribution in [0.1, 0.15) is 50.2 Å². The Balaban J connectivity index is 1.62. The number of rotatable bonds is 4. The van der Waals surface area contributed by atoms with Crippen LogP contribution in [-0.4, -0.2) is 23.9 Å². The summed E-state index contributed by atoms with van der Waals surface area (Å²) in [5, 5.41) is 6.25. The largest absolute Gasteiger partial charge is 0.347 e. The van der Waals surface area contributed by atoms with Gasteiger partial charge < -0.3 is 9.80 Å². The van der Waals surface area contributed by atoms with Crippen molar-refractivity contribution in [1.82, 2.24) is 9.78 Å². The number of allylic oxidation sites excluding steroid dienone is 2. The van der Waals surface area contributed by atoms with E-state index in [0.29, 0.717) is 0 Å². The Hall–Kier alpha value is -3.40. The monoisotopic (exact) mass is 578 g/mol. The van der Waals surface area contributed by atoms with Crippen LogP contribution in [0.15, 0.2) is 102 Å². The molecule has 2 aliphatic heterocycles. The van der Waals surface area contributed by atoms with Crippen LogP contribution in [0.25, 0.3) is 5.69 Å². The third-order valence-electron chi connectivity index (χ3n) is 9.11. The Morgan fingerprint density at radius 2 is 1.12 bits per heavy atom. The van der Waals surface area contributed by atoms with E-state index in [-0.39, 0.29) is 10.8 Å². The Morgan fingerprint density at radius 3 is 1.59 bits per heavy atom. The molecule has 0 fully saturated rings. The van der Waals surface area contributed by atoms with Gasteiger partial charge in [0.1, 0.15) is 0 Å². The normalized spacial score (nSPS) is 20.4. The van der Waals surface area contributed by atoms with Crippen molar-refractivity contribution in [3.8, 4) is 5.69 Å². The van der Waals surface area contributed by atoms with E-state index in [2.05, 4.69) is 155 Å². The molecular weight excluding hydrogens is 539 g/mol. The van der Waals surface area contributed by atoms with Crippen LogP contribution in [0.2, 0.25) is 0 Å². The average Bonchev–Trinajstić information content (AvgIpc) is 3.44. The van der Waals surface area contributed by atoms with Crippen molar-refractivity contribution in [2.24, 2.45) is 0 Å². The first-order valence-corrected chi connectivity index (χ1v) is 17.2. The topological polar surface area (TPSA) is 24.3 Å². The van der Waals surface area contributed by atoms with Crippen molar-refractivity contribution in [2.75, 3.05) is 23.9 Å². The van der Waals surface area contributed by atoms with Gasteiger partial charge in [0.25, 0.3) is 0 Å². The van der Waals surface area contributed by atoms with Gasteiger partial charge in [-0.05, 0) is 60.9 Å². The van der Waals surface area contributed by atoms with Gasteiger partial charge in [0, 0.05) is 59.0 Å². The molecule has 6 heteroatoms. The van der Waals surface area contributed by atoms with E-state index in [9.17, 15) is 0 Å². The van der Waals surface area contributed by atoms with E-state index in [1.165, 1.54) is 39.2 Å². The van der Waals surface area contributed by atoms with Crippen molar-refractivity contribution in [2.45, 2.75) is 52.4 Å². The molecule has 4 aromatic rings. The summed E-state index contributed by atoms with van der Waals surface area (Å²) in [7, 11) is 4.36. The fraction of sp³-hybridized carbons (Fsp3) is 0.286. The van der Waals surface area contributed by atoms with Gasteiger partial charge in [-0.15, -0.1) is 0 Å². The van der Waals surface area contributed by atoms with Gasteiger partial charge in [-0.25, -0.2) is 4.68 Å². The highest BCUT2D eigenvalue weighted by Crippen LogP contribution is 2.59. The summed E-state index contributed by atoms with van der Waals surface area (Å²) in [5.41, 5.74) is 10.5. The highest BCUT2D eigenvalue weighted by atomic mass is 32.4. The summed E-state index contributed by atoms with van der Waals surface area (Å²) in [6.07, 6.45) is 0. The Labute approximate surface area is 250 Å². The quantitative estimate of drug-likeness (QED) is 0.228. The summed E-state index contributed by atoms with van der Waals surface area (Å²) < 4.78 is 2.07. The lowest BCUT2D eigenvalue weighted by Crippen LogP contribution is -2.25. The summed E-state index contributed by atoms with van der Waals surface area (Å²) in [6.45, 7) is 13.6. The first-order valence-electron chi connectivity index (χ1n) is 14.2. The number of benzene rings is 3. The van der Waals surface area contributed by atoms with E-state index in [0.717, 1.165) is 17.1 Å². The number of fused-ring (bicyclic) bond motifs is 2. The minimum absolute atomic E-state index is 0.175. The number of hydrogen-bond donors (Lipinski definition) is 0. The lowest BCUT2D eigenvalue weighted by Gasteiger charge is -2.30. The predicted octanol–water partition coefficient (Wildman–Crippen LogP) is 8.13. The average molecular weight is 579 g/mol. The van der Waals surface area contributed by atoms with Crippen LogP contribution in [0.3, 0.4) is 0 Å². The number of hydrogen-bond acceptors (Lipinski definition) is 4. The molecule has 0 radical (unpaired) electrons. The van der Waals surface area contributed by atoms with Gasteiger partial charge >= 0.3 is 0 Å². The second kappa shape index (κ2) is 9.58. The first kappa shape index (κ1) is 27.8. The number of anilines is 2. The molecule has 0 aliphatic carbocycles. The van der Waals surface area contributed by atoms with Gasteiger partial charge in [0.05, 0.1) is 17.1 Å². The molecule has 3 heterocycles. The maximum atomic E-state index is 6.96. The maximum absolute atomic E-state index is 6.96. The minimum Gasteiger partial charge on any atom is -0.347 e. The highest BCUT2D eigenvalue weighted by Gasteiger charge is 2.43. The molecule has 1 aromatic heterocycles. The molecule has 0 amide bonds. The molecule has 210 valence electrons. The molecule has 4 nitrogen and oxygen atoms in total. The predicted molar refractivity (Wildman–Crippen MR) is 179 cm³/mol. The number of nitrogens with zero attached hydrogens (tertiary/aromatic N) is 4. The molecule has 3 aromatic carbocycles. The van der Waals surface area contributed by atoms with Crippen molar-refractivity contribution in [1.29, 1.82) is 0 Å². The van der Waals surface area contributed by atoms with Gasteiger partial charge in [0.15, 0.2) is 0 Å². The lowest BCUT2D eigenvalue weighted by molar-refractivity contribution is 0.640. The molecule has 6 rings (SSSR count). The number of aryl methyl sites for hydroxylation is 1. The van der Waals surface area contributed by atoms with E-state index in [1.54, 1.807) is 0 Å². The van der Waals surface area contributed by atoms with Crippen LogP contribution in [0.4, 0.5) is 11.4 Å². The number of para-hydroxylation sites is 3. The molecule has 1 atom stereocenters. The zero-order valence-corrected chi connectivity index (χ0v) is 27.0. The molecule has 0 N–H and O–H groups in total. The van der Waals surface area contributed by atoms with Crippen molar-refractivity contribution in [3.63, 3.8) is 0 Å². The highest BCUT2D eigenvalue weighted by molar-refractivity contribution is 8.21. The van der Waals surface area contributed by atoms with Gasteiger partial charge in [-0.1, -0.05) is 94.1 Å². The molecule has 41 heavy (non-hydrogen) atoms. The summed E-state index contributed by atoms with van der Waals surface area (Å²) in [6, 6.07) is 25.4. The SMILES string of the molecule is Cc1nn(-c2ccccc2)c(C)c1P(=S)(C=C1N(C)c2ccccc2C1(C)C)/C=C1/N(C)c2ccccc2C1(C)C. The van der Waals surface area contributed by atoms with E-state index in [1.807, 2.05) is 6.07 Å². The molecule has 2 aliphatic rings. The van der Waals surface area contributed by atoms with E-state index >= 15 is 0 Å². The maximum Gasteiger partial charge on any atom is 0.0691 e. The van der Waals surface area contributed by atoms with E-state index < -0.39 is 6.04 Å². The number of likely N-dealkylation sites (N-methyl/N-ethyl adjacent to an activating group) is 2. The van der Waals surface area contributed by atoms with Crippen LogP contribution < -0.4 is 15.1 Å². The van der Waals surface area contributed by atoms with Crippen LogP contribution in [-0.2, 0) is 22.6 Å². The Morgan fingerprint density at radius 1 is 0.683 bits per heavy atom. The fourth-order valence-electron chi connectivity index (χ4n) is 6.95. The fourth-order valence-corrected chi connectivity index (χ4v) is 11.5. The summed E-state index contributed by atoms with van der Waals surface area (Å²) in [4.78, 5) is 4.69. The Kier molecular flexibility index (Phi) is 6.48. The van der Waals surface area contributed by atoms with Crippen LogP contribution >= 0.6 is 6.04 Å². The molecule has 0 spiro atoms. The van der Waals surface area contributed by atoms with Gasteiger partial charge in [-0.2, -0.15) is 5.10 Å². The Bertz CT molecular complexity index is 1690. The molecule has 0 saturated heterocycles. The van der Waals surface area contributed by atoms with Crippen molar-refractivity contribution >= 4 is 34.5 Å². The third kappa shape index (κ3) is 4.16. The zero-order chi connectivity index (χ0) is 29.3. The zero-order valence-electron chi connectivity index (χ0n) is 25.3. The second-order valence-electron chi connectivity index (χ2n) is 12.4. The van der Waals surface area contributed by atoms with Crippen LogP contribution in [0.5, 0.6) is 0 Å². The second-order valence-corrected chi connectivity index (χ2v) is 16.6. The van der Waals surface area contributed by atoms with Gasteiger partial charge in [-0.3, -0.25) is 0 Å². The van der Waals surface area contributed by atoms with Crippen LogP contribution in [0, 0.1) is 13.8 Å². The minimum atomic E-state index is -2.49. The summed E-state index contributed by atoms with van der Waals surface area (Å²) in [5.74, 6) is 4.88.